The first kappa shape index (κ1) is 17.6. The van der Waals surface area contributed by atoms with E-state index in [1.807, 2.05) is 60.8 Å². The van der Waals surface area contributed by atoms with E-state index >= 15 is 0 Å². The quantitative estimate of drug-likeness (QED) is 0.532. The third-order valence-corrected chi connectivity index (χ3v) is 5.83. The van der Waals surface area contributed by atoms with Crippen LogP contribution in [0.15, 0.2) is 60.8 Å². The average molecular weight is 398 g/mol. The van der Waals surface area contributed by atoms with E-state index in [0.717, 1.165) is 27.2 Å². The summed E-state index contributed by atoms with van der Waals surface area (Å²) in [5.41, 5.74) is 1.68. The van der Waals surface area contributed by atoms with Crippen LogP contribution in [-0.2, 0) is 6.54 Å². The van der Waals surface area contributed by atoms with E-state index in [1.165, 1.54) is 11.3 Å². The first-order valence-corrected chi connectivity index (χ1v) is 9.49. The maximum Gasteiger partial charge on any atom is 0.263 e. The van der Waals surface area contributed by atoms with Crippen LogP contribution < -0.4 is 10.1 Å². The number of amides is 1. The molecule has 27 heavy (non-hydrogen) atoms. The highest BCUT2D eigenvalue weighted by atomic mass is 35.5. The van der Waals surface area contributed by atoms with Crippen molar-refractivity contribution in [2.24, 2.45) is 0 Å². The van der Waals surface area contributed by atoms with Gasteiger partial charge in [0.25, 0.3) is 5.91 Å². The minimum absolute atomic E-state index is 0.194. The van der Waals surface area contributed by atoms with Crippen LogP contribution in [0.3, 0.4) is 0 Å². The van der Waals surface area contributed by atoms with E-state index in [0.29, 0.717) is 16.4 Å². The predicted octanol–water partition coefficient (Wildman–Crippen LogP) is 4.68. The molecule has 2 aromatic carbocycles. The van der Waals surface area contributed by atoms with Crippen LogP contribution in [-0.4, -0.2) is 22.8 Å². The molecule has 136 valence electrons. The molecule has 0 fully saturated rings. The van der Waals surface area contributed by atoms with Gasteiger partial charge in [-0.15, -0.1) is 11.3 Å². The molecule has 0 unspecified atom stereocenters. The van der Waals surface area contributed by atoms with E-state index in [2.05, 4.69) is 10.4 Å². The Morgan fingerprint density at radius 3 is 2.70 bits per heavy atom. The number of rotatable bonds is 5. The van der Waals surface area contributed by atoms with Gasteiger partial charge in [-0.1, -0.05) is 29.8 Å². The van der Waals surface area contributed by atoms with Crippen LogP contribution in [0.4, 0.5) is 0 Å². The first-order valence-electron chi connectivity index (χ1n) is 8.30. The number of hydrogen-bond donors (Lipinski definition) is 1. The van der Waals surface area contributed by atoms with Gasteiger partial charge in [-0.2, -0.15) is 5.10 Å². The fourth-order valence-electron chi connectivity index (χ4n) is 2.75. The van der Waals surface area contributed by atoms with Crippen molar-refractivity contribution >= 4 is 38.9 Å². The lowest BCUT2D eigenvalue weighted by Gasteiger charge is -2.04. The Morgan fingerprint density at radius 2 is 1.96 bits per heavy atom. The number of thiophene rings is 1. The molecular weight excluding hydrogens is 382 g/mol. The maximum absolute atomic E-state index is 12.5. The molecule has 0 saturated carbocycles. The van der Waals surface area contributed by atoms with Crippen molar-refractivity contribution in [1.29, 1.82) is 0 Å². The zero-order valence-electron chi connectivity index (χ0n) is 14.5. The fourth-order valence-corrected chi connectivity index (χ4v) is 4.18. The molecule has 0 spiro atoms. The van der Waals surface area contributed by atoms with Crippen LogP contribution in [0.5, 0.6) is 5.75 Å². The van der Waals surface area contributed by atoms with Gasteiger partial charge in [0.2, 0.25) is 0 Å². The van der Waals surface area contributed by atoms with Crippen molar-refractivity contribution < 1.29 is 9.53 Å². The van der Waals surface area contributed by atoms with Gasteiger partial charge in [0.05, 0.1) is 30.1 Å². The van der Waals surface area contributed by atoms with Crippen LogP contribution in [0, 0.1) is 0 Å². The summed E-state index contributed by atoms with van der Waals surface area (Å²) < 4.78 is 7.92. The van der Waals surface area contributed by atoms with Gasteiger partial charge in [0, 0.05) is 16.3 Å². The second-order valence-electron chi connectivity index (χ2n) is 5.87. The molecule has 7 heteroatoms. The number of ether oxygens (including phenoxy) is 1. The van der Waals surface area contributed by atoms with Gasteiger partial charge in [0.15, 0.2) is 0 Å². The fraction of sp³-hybridized carbons (Fsp3) is 0.100. The molecule has 2 aromatic heterocycles. The van der Waals surface area contributed by atoms with Crippen LogP contribution in [0.25, 0.3) is 15.8 Å². The maximum atomic E-state index is 12.5. The third kappa shape index (κ3) is 3.54. The van der Waals surface area contributed by atoms with E-state index in [1.54, 1.807) is 11.8 Å². The van der Waals surface area contributed by atoms with Crippen molar-refractivity contribution in [3.63, 3.8) is 0 Å². The summed E-state index contributed by atoms with van der Waals surface area (Å²) in [6, 6.07) is 17.2. The summed E-state index contributed by atoms with van der Waals surface area (Å²) in [6.45, 7) is 0.326. The Bertz CT molecular complexity index is 1100. The second-order valence-corrected chi connectivity index (χ2v) is 7.30. The molecule has 0 aliphatic heterocycles. The number of nitrogens with zero attached hydrogens (tertiary/aromatic N) is 2. The summed E-state index contributed by atoms with van der Waals surface area (Å²) in [4.78, 5) is 13.0. The molecule has 4 rings (SSSR count). The normalized spacial score (nSPS) is 10.9. The summed E-state index contributed by atoms with van der Waals surface area (Å²) in [6.07, 6.45) is 1.86. The average Bonchev–Trinajstić information content (AvgIpc) is 3.31. The number of carbonyl (C=O) groups is 1. The lowest BCUT2D eigenvalue weighted by Crippen LogP contribution is -2.22. The summed E-state index contributed by atoms with van der Waals surface area (Å²) in [7, 11) is 1.63. The van der Waals surface area contributed by atoms with Crippen LogP contribution >= 0.6 is 22.9 Å². The summed E-state index contributed by atoms with van der Waals surface area (Å²) >= 11 is 7.75. The standard InChI is InChI=1S/C20H16ClN3O2S/c1-26-15-8-6-14(7-9-15)24-11-10-13(23-24)12-22-20(25)19-18(21)16-4-2-3-5-17(16)27-19/h2-11H,12H2,1H3,(H,22,25). The van der Waals surface area contributed by atoms with Gasteiger partial charge in [-0.3, -0.25) is 4.79 Å². The molecule has 0 radical (unpaired) electrons. The van der Waals surface area contributed by atoms with Gasteiger partial charge in [-0.05, 0) is 36.4 Å². The number of hydrogen-bond acceptors (Lipinski definition) is 4. The number of aromatic nitrogens is 2. The highest BCUT2D eigenvalue weighted by Crippen LogP contribution is 2.35. The van der Waals surface area contributed by atoms with E-state index in [4.69, 9.17) is 16.3 Å². The van der Waals surface area contributed by atoms with Gasteiger partial charge >= 0.3 is 0 Å². The largest absolute Gasteiger partial charge is 0.497 e. The number of halogens is 1. The molecule has 1 amide bonds. The van der Waals surface area contributed by atoms with Gasteiger partial charge in [-0.25, -0.2) is 4.68 Å². The molecule has 0 atom stereocenters. The van der Waals surface area contributed by atoms with Crippen LogP contribution in [0.2, 0.25) is 5.02 Å². The minimum Gasteiger partial charge on any atom is -0.497 e. The smallest absolute Gasteiger partial charge is 0.263 e. The minimum atomic E-state index is -0.194. The number of nitrogens with one attached hydrogen (secondary N) is 1. The molecule has 5 nitrogen and oxygen atoms in total. The number of carbonyl (C=O) groups excluding carboxylic acids is 1. The molecule has 2 heterocycles. The van der Waals surface area contributed by atoms with Crippen molar-refractivity contribution in [3.05, 3.63) is 76.4 Å². The molecule has 4 aromatic rings. The molecular formula is C20H16ClN3O2S. The highest BCUT2D eigenvalue weighted by molar-refractivity contribution is 7.21. The predicted molar refractivity (Wildman–Crippen MR) is 108 cm³/mol. The monoisotopic (exact) mass is 397 g/mol. The van der Waals surface area contributed by atoms with Crippen molar-refractivity contribution in [2.75, 3.05) is 7.11 Å². The van der Waals surface area contributed by atoms with Gasteiger partial charge < -0.3 is 10.1 Å². The Hall–Kier alpha value is -2.83. The van der Waals surface area contributed by atoms with E-state index in [-0.39, 0.29) is 5.91 Å². The van der Waals surface area contributed by atoms with Gasteiger partial charge in [0.1, 0.15) is 10.6 Å². The topological polar surface area (TPSA) is 56.1 Å². The zero-order chi connectivity index (χ0) is 18.8. The number of benzene rings is 2. The first-order chi connectivity index (χ1) is 13.2. The lowest BCUT2D eigenvalue weighted by molar-refractivity contribution is 0.0954. The van der Waals surface area contributed by atoms with E-state index in [9.17, 15) is 4.79 Å². The molecule has 0 aliphatic rings. The van der Waals surface area contributed by atoms with Crippen molar-refractivity contribution in [1.82, 2.24) is 15.1 Å². The summed E-state index contributed by atoms with van der Waals surface area (Å²) in [5.74, 6) is 0.596. The van der Waals surface area contributed by atoms with E-state index < -0.39 is 0 Å². The van der Waals surface area contributed by atoms with Crippen molar-refractivity contribution in [2.45, 2.75) is 6.54 Å². The molecule has 0 saturated heterocycles. The Labute approximate surface area is 165 Å². The van der Waals surface area contributed by atoms with Crippen molar-refractivity contribution in [3.8, 4) is 11.4 Å². The Morgan fingerprint density at radius 1 is 1.19 bits per heavy atom. The highest BCUT2D eigenvalue weighted by Gasteiger charge is 2.16. The SMILES string of the molecule is COc1ccc(-n2ccc(CNC(=O)c3sc4ccccc4c3Cl)n2)cc1. The molecule has 1 N–H and O–H groups in total. The zero-order valence-corrected chi connectivity index (χ0v) is 16.1. The lowest BCUT2D eigenvalue weighted by atomic mass is 10.2. The molecule has 0 bridgehead atoms. The Kier molecular flexibility index (Phi) is 4.83. The second kappa shape index (κ2) is 7.42. The number of fused-ring (bicyclic) bond motifs is 1. The molecule has 0 aliphatic carbocycles. The number of methoxy groups -OCH3 is 1. The van der Waals surface area contributed by atoms with Crippen LogP contribution in [0.1, 0.15) is 15.4 Å². The Balaban J connectivity index is 1.46. The summed E-state index contributed by atoms with van der Waals surface area (Å²) in [5, 5.41) is 8.79. The third-order valence-electron chi connectivity index (χ3n) is 4.15.